The molecule has 0 aliphatic rings. The number of hydrogen-bond acceptors (Lipinski definition) is 1. The molecule has 0 bridgehead atoms. The third-order valence-corrected chi connectivity index (χ3v) is 10.3. The van der Waals surface area contributed by atoms with Crippen LogP contribution in [0.5, 0.6) is 0 Å². The minimum Gasteiger partial charge on any atom is -0.309 e. The number of halogens is 3. The molecule has 7 aromatic carbocycles. The topological polar surface area (TPSA) is 42.4 Å². The molecule has 2 aromatic heterocycles. The Bertz CT molecular complexity index is 3200. The van der Waals surface area contributed by atoms with E-state index in [2.05, 4.69) is 24.9 Å². The van der Waals surface area contributed by atoms with Crippen LogP contribution in [0.1, 0.15) is 16.7 Å². The normalized spacial score (nSPS) is 11.6. The second-order valence-corrected chi connectivity index (χ2v) is 13.4. The molecule has 0 saturated heterocycles. The predicted octanol–water partition coefficient (Wildman–Crippen LogP) is 13.5. The lowest BCUT2D eigenvalue weighted by Crippen LogP contribution is -2.05. The number of rotatable bonds is 4. The van der Waals surface area contributed by atoms with Crippen molar-refractivity contribution < 1.29 is 13.2 Å². The van der Waals surface area contributed by atoms with Gasteiger partial charge in [0.05, 0.1) is 58.1 Å². The van der Waals surface area contributed by atoms with Crippen LogP contribution in [-0.2, 0) is 6.18 Å². The lowest BCUT2D eigenvalue weighted by atomic mass is 9.93. The van der Waals surface area contributed by atoms with Crippen molar-refractivity contribution in [2.75, 3.05) is 0 Å². The fourth-order valence-corrected chi connectivity index (χ4v) is 7.87. The first kappa shape index (κ1) is 33.3. The summed E-state index contributed by atoms with van der Waals surface area (Å²) in [5.74, 6) is 0. The van der Waals surface area contributed by atoms with Gasteiger partial charge in [-0.15, -0.1) is 0 Å². The van der Waals surface area contributed by atoms with Crippen LogP contribution >= 0.6 is 0 Å². The number of nitrogens with zero attached hydrogens (tertiary/aromatic N) is 5. The average Bonchev–Trinajstić information content (AvgIpc) is 3.72. The summed E-state index contributed by atoms with van der Waals surface area (Å²) in [5, 5.41) is 13.5. The Morgan fingerprint density at radius 1 is 0.582 bits per heavy atom. The molecule has 260 valence electrons. The maximum Gasteiger partial charge on any atom is 0.416 e. The third kappa shape index (κ3) is 5.30. The Morgan fingerprint density at radius 2 is 1.25 bits per heavy atom. The number of nitriles is 1. The highest BCUT2D eigenvalue weighted by atomic mass is 19.4. The maximum atomic E-state index is 13.7. The number of aryl methyl sites for hydroxylation is 1. The Balaban J connectivity index is 1.36. The fraction of sp³-hybridized carbons (Fsp3) is 0.0426. The van der Waals surface area contributed by atoms with E-state index >= 15 is 0 Å². The summed E-state index contributed by atoms with van der Waals surface area (Å²) >= 11 is 0. The van der Waals surface area contributed by atoms with Crippen molar-refractivity contribution in [3.05, 3.63) is 179 Å². The van der Waals surface area contributed by atoms with E-state index in [0.717, 1.165) is 67.1 Å². The number of para-hydroxylation sites is 2. The molecule has 5 nitrogen and oxygen atoms in total. The molecule has 0 fully saturated rings. The van der Waals surface area contributed by atoms with Gasteiger partial charge in [-0.2, -0.15) is 18.4 Å². The Hall–Kier alpha value is -7.60. The highest BCUT2D eigenvalue weighted by Crippen LogP contribution is 2.44. The Kier molecular flexibility index (Phi) is 7.57. The first-order valence-corrected chi connectivity index (χ1v) is 17.4. The van der Waals surface area contributed by atoms with Gasteiger partial charge in [-0.1, -0.05) is 60.7 Å². The SMILES string of the molecule is [C-]#[N+]c1ccc2c(c1)c1ccccc1n2-c1ccc(-c2ccc(C(F)(F)F)cc2C)cc1-c1cc(-n2c3ccccc3c3cc(C#N)ccc32)ccc1[N+]#[C-]. The highest BCUT2D eigenvalue weighted by molar-refractivity contribution is 6.12. The van der Waals surface area contributed by atoms with Crippen molar-refractivity contribution in [2.45, 2.75) is 13.1 Å². The first-order valence-electron chi connectivity index (χ1n) is 17.4. The second-order valence-electron chi connectivity index (χ2n) is 13.4. The summed E-state index contributed by atoms with van der Waals surface area (Å²) in [5.41, 5.74) is 9.04. The number of aromatic nitrogens is 2. The molecule has 0 atom stereocenters. The van der Waals surface area contributed by atoms with Crippen LogP contribution in [0.3, 0.4) is 0 Å². The van der Waals surface area contributed by atoms with E-state index in [-0.39, 0.29) is 0 Å². The van der Waals surface area contributed by atoms with Gasteiger partial charge in [0.1, 0.15) is 0 Å². The van der Waals surface area contributed by atoms with Crippen LogP contribution in [0.15, 0.2) is 140 Å². The minimum atomic E-state index is -4.48. The van der Waals surface area contributed by atoms with E-state index < -0.39 is 11.7 Å². The van der Waals surface area contributed by atoms with Crippen LogP contribution in [0, 0.1) is 31.4 Å². The predicted molar refractivity (Wildman–Crippen MR) is 213 cm³/mol. The van der Waals surface area contributed by atoms with E-state index in [0.29, 0.717) is 44.8 Å². The maximum absolute atomic E-state index is 13.7. The number of hydrogen-bond donors (Lipinski definition) is 0. The molecule has 0 aliphatic heterocycles. The Labute approximate surface area is 313 Å². The van der Waals surface area contributed by atoms with E-state index in [1.54, 1.807) is 25.1 Å². The molecule has 0 saturated carbocycles. The molecular formula is C47H26F3N5. The van der Waals surface area contributed by atoms with Crippen LogP contribution in [0.2, 0.25) is 0 Å². The van der Waals surface area contributed by atoms with Gasteiger partial charge in [0.25, 0.3) is 0 Å². The summed E-state index contributed by atoms with van der Waals surface area (Å²) in [6.07, 6.45) is -4.48. The first-order chi connectivity index (χ1) is 26.7. The number of alkyl halides is 3. The van der Waals surface area contributed by atoms with Gasteiger partial charge in [-0.3, -0.25) is 0 Å². The summed E-state index contributed by atoms with van der Waals surface area (Å²) in [6, 6.07) is 44.7. The smallest absolute Gasteiger partial charge is 0.309 e. The highest BCUT2D eigenvalue weighted by Gasteiger charge is 2.31. The molecule has 0 N–H and O–H groups in total. The van der Waals surface area contributed by atoms with E-state index in [9.17, 15) is 18.4 Å². The zero-order valence-corrected chi connectivity index (χ0v) is 29.1. The van der Waals surface area contributed by atoms with Gasteiger partial charge in [-0.05, 0) is 119 Å². The third-order valence-electron chi connectivity index (χ3n) is 10.3. The lowest BCUT2D eigenvalue weighted by Gasteiger charge is -2.19. The van der Waals surface area contributed by atoms with Crippen LogP contribution in [0.25, 0.3) is 86.9 Å². The van der Waals surface area contributed by atoms with Crippen molar-refractivity contribution in [1.82, 2.24) is 9.13 Å². The summed E-state index contributed by atoms with van der Waals surface area (Å²) in [6.45, 7) is 17.7. The zero-order chi connectivity index (χ0) is 38.0. The van der Waals surface area contributed by atoms with Gasteiger partial charge in [0.15, 0.2) is 11.4 Å². The summed E-state index contributed by atoms with van der Waals surface area (Å²) < 4.78 is 45.4. The van der Waals surface area contributed by atoms with Gasteiger partial charge in [0.2, 0.25) is 0 Å². The van der Waals surface area contributed by atoms with Gasteiger partial charge < -0.3 is 9.13 Å². The van der Waals surface area contributed by atoms with Crippen molar-refractivity contribution in [2.24, 2.45) is 0 Å². The van der Waals surface area contributed by atoms with Gasteiger partial charge in [0, 0.05) is 21.8 Å². The number of benzene rings is 7. The Morgan fingerprint density at radius 3 is 1.95 bits per heavy atom. The quantitative estimate of drug-likeness (QED) is 0.167. The molecule has 0 unspecified atom stereocenters. The molecule has 9 aromatic rings. The largest absolute Gasteiger partial charge is 0.416 e. The molecule has 2 heterocycles. The summed E-state index contributed by atoms with van der Waals surface area (Å²) in [7, 11) is 0. The molecule has 9 rings (SSSR count). The van der Waals surface area contributed by atoms with Gasteiger partial charge in [-0.25, -0.2) is 9.69 Å². The monoisotopic (exact) mass is 717 g/mol. The molecule has 0 spiro atoms. The fourth-order valence-electron chi connectivity index (χ4n) is 7.87. The van der Waals surface area contributed by atoms with Crippen LogP contribution in [0.4, 0.5) is 24.5 Å². The standard InChI is InChI=1S/C47H26F3N5/c1-28-22-31(47(48,49)50)14-17-34(28)30-13-20-45(55-43-11-7-5-9-36(43)40-25-32(52-2)15-21-46(40)55)39(24-30)37-26-33(16-18-41(37)53-3)54-42-10-6-4-8-35(42)38-23-29(27-51)12-19-44(38)54/h4-26H,1H3. The summed E-state index contributed by atoms with van der Waals surface area (Å²) in [4.78, 5) is 7.66. The van der Waals surface area contributed by atoms with E-state index in [1.165, 1.54) is 6.07 Å². The molecule has 0 amide bonds. The van der Waals surface area contributed by atoms with Gasteiger partial charge >= 0.3 is 6.18 Å². The van der Waals surface area contributed by atoms with Crippen molar-refractivity contribution >= 4 is 55.0 Å². The van der Waals surface area contributed by atoms with Crippen LogP contribution < -0.4 is 0 Å². The molecule has 55 heavy (non-hydrogen) atoms. The number of fused-ring (bicyclic) bond motifs is 6. The molecule has 0 radical (unpaired) electrons. The lowest BCUT2D eigenvalue weighted by molar-refractivity contribution is -0.137. The van der Waals surface area contributed by atoms with E-state index in [1.807, 2.05) is 103 Å². The molecule has 8 heteroatoms. The molecular weight excluding hydrogens is 692 g/mol. The van der Waals surface area contributed by atoms with Crippen molar-refractivity contribution in [3.8, 4) is 39.7 Å². The molecule has 0 aliphatic carbocycles. The second kappa shape index (κ2) is 12.5. The van der Waals surface area contributed by atoms with Crippen molar-refractivity contribution in [1.29, 1.82) is 5.26 Å². The minimum absolute atomic E-state index is 0.398. The van der Waals surface area contributed by atoms with Crippen molar-refractivity contribution in [3.63, 3.8) is 0 Å². The van der Waals surface area contributed by atoms with Crippen LogP contribution in [-0.4, -0.2) is 9.13 Å². The zero-order valence-electron chi connectivity index (χ0n) is 29.1. The average molecular weight is 718 g/mol. The van der Waals surface area contributed by atoms with E-state index in [4.69, 9.17) is 13.1 Å².